The molecule has 92 valence electrons. The molecule has 0 unspecified atom stereocenters. The smallest absolute Gasteiger partial charge is 0.237 e. The average Bonchev–Trinajstić information content (AvgIpc) is 2.72. The van der Waals surface area contributed by atoms with Gasteiger partial charge in [-0.1, -0.05) is 24.3 Å². The van der Waals surface area contributed by atoms with Crippen LogP contribution in [0, 0.1) is 0 Å². The lowest BCUT2D eigenvalue weighted by Crippen LogP contribution is -2.50. The van der Waals surface area contributed by atoms with E-state index in [1.807, 2.05) is 24.1 Å². The number of aliphatic hydroxyl groups excluding tert-OH is 1. The molecule has 1 aliphatic rings. The van der Waals surface area contributed by atoms with Gasteiger partial charge in [0.05, 0.1) is 6.61 Å². The Morgan fingerprint density at radius 1 is 1.47 bits per heavy atom. The number of hydrogen-bond acceptors (Lipinski definition) is 3. The van der Waals surface area contributed by atoms with Crippen molar-refractivity contribution in [1.29, 1.82) is 0 Å². The molecule has 4 nitrogen and oxygen atoms in total. The van der Waals surface area contributed by atoms with E-state index in [2.05, 4.69) is 12.1 Å². The van der Waals surface area contributed by atoms with Crippen molar-refractivity contribution in [2.75, 3.05) is 13.7 Å². The molecule has 0 spiro atoms. The lowest BCUT2D eigenvalue weighted by atomic mass is 10.1. The monoisotopic (exact) mass is 234 g/mol. The molecule has 0 aliphatic heterocycles. The minimum Gasteiger partial charge on any atom is -0.394 e. The summed E-state index contributed by atoms with van der Waals surface area (Å²) >= 11 is 0. The topological polar surface area (TPSA) is 66.6 Å². The van der Waals surface area contributed by atoms with E-state index in [1.165, 1.54) is 11.1 Å². The van der Waals surface area contributed by atoms with Gasteiger partial charge in [-0.15, -0.1) is 0 Å². The van der Waals surface area contributed by atoms with Gasteiger partial charge < -0.3 is 10.8 Å². The summed E-state index contributed by atoms with van der Waals surface area (Å²) in [4.78, 5) is 13.1. The van der Waals surface area contributed by atoms with E-state index in [9.17, 15) is 9.90 Å². The summed E-state index contributed by atoms with van der Waals surface area (Å²) in [5, 5.41) is 9.20. The molecule has 0 saturated heterocycles. The maximum atomic E-state index is 11.2. The first-order valence-electron chi connectivity index (χ1n) is 5.82. The van der Waals surface area contributed by atoms with Crippen molar-refractivity contribution in [3.63, 3.8) is 0 Å². The third-order valence-corrected chi connectivity index (χ3v) is 3.60. The van der Waals surface area contributed by atoms with Gasteiger partial charge >= 0.3 is 0 Å². The molecule has 0 saturated carbocycles. The van der Waals surface area contributed by atoms with Gasteiger partial charge in [-0.2, -0.15) is 0 Å². The Balaban J connectivity index is 2.09. The number of likely N-dealkylation sites (N-methyl/N-ethyl adjacent to an activating group) is 1. The summed E-state index contributed by atoms with van der Waals surface area (Å²) in [5.74, 6) is -0.467. The van der Waals surface area contributed by atoms with Gasteiger partial charge in [-0.05, 0) is 31.0 Å². The third-order valence-electron chi connectivity index (χ3n) is 3.60. The molecule has 1 aromatic carbocycles. The summed E-state index contributed by atoms with van der Waals surface area (Å²) in [7, 11) is 1.85. The van der Waals surface area contributed by atoms with Gasteiger partial charge in [0.15, 0.2) is 0 Å². The number of rotatable bonds is 4. The molecule has 17 heavy (non-hydrogen) atoms. The summed E-state index contributed by atoms with van der Waals surface area (Å²) in [6, 6.07) is 7.94. The molecular weight excluding hydrogens is 216 g/mol. The van der Waals surface area contributed by atoms with Gasteiger partial charge in [0, 0.05) is 6.04 Å². The highest BCUT2D eigenvalue weighted by Crippen LogP contribution is 2.25. The predicted molar refractivity (Wildman–Crippen MR) is 65.5 cm³/mol. The Labute approximate surface area is 101 Å². The van der Waals surface area contributed by atoms with Gasteiger partial charge in [0.25, 0.3) is 0 Å². The lowest BCUT2D eigenvalue weighted by molar-refractivity contribution is -0.124. The van der Waals surface area contributed by atoms with Crippen LogP contribution in [0.3, 0.4) is 0 Å². The van der Waals surface area contributed by atoms with Crippen molar-refractivity contribution >= 4 is 5.91 Å². The second-order valence-corrected chi connectivity index (χ2v) is 4.60. The minimum atomic E-state index is -0.589. The van der Waals surface area contributed by atoms with Crippen LogP contribution in [-0.4, -0.2) is 41.7 Å². The van der Waals surface area contributed by atoms with Crippen molar-refractivity contribution in [2.24, 2.45) is 5.73 Å². The zero-order valence-corrected chi connectivity index (χ0v) is 9.97. The van der Waals surface area contributed by atoms with Crippen molar-refractivity contribution in [3.8, 4) is 0 Å². The number of nitrogens with zero attached hydrogens (tertiary/aromatic N) is 1. The van der Waals surface area contributed by atoms with Crippen molar-refractivity contribution in [2.45, 2.75) is 24.9 Å². The zero-order chi connectivity index (χ0) is 12.4. The lowest BCUT2D eigenvalue weighted by Gasteiger charge is -2.29. The number of primary amides is 1. The van der Waals surface area contributed by atoms with E-state index >= 15 is 0 Å². The van der Waals surface area contributed by atoms with Crippen molar-refractivity contribution in [3.05, 3.63) is 35.4 Å². The molecule has 1 aliphatic carbocycles. The first kappa shape index (κ1) is 12.1. The van der Waals surface area contributed by atoms with Crippen LogP contribution in [-0.2, 0) is 17.6 Å². The fourth-order valence-electron chi connectivity index (χ4n) is 2.50. The molecular formula is C13H18N2O2. The van der Waals surface area contributed by atoms with E-state index in [0.717, 1.165) is 12.8 Å². The molecule has 0 bridgehead atoms. The molecule has 0 radical (unpaired) electrons. The summed E-state index contributed by atoms with van der Waals surface area (Å²) in [6.07, 6.45) is 1.83. The van der Waals surface area contributed by atoms with Crippen molar-refractivity contribution in [1.82, 2.24) is 4.90 Å². The van der Waals surface area contributed by atoms with E-state index in [1.54, 1.807) is 0 Å². The number of carbonyl (C=O) groups is 1. The van der Waals surface area contributed by atoms with Crippen LogP contribution in [0.1, 0.15) is 11.1 Å². The van der Waals surface area contributed by atoms with E-state index in [-0.39, 0.29) is 12.6 Å². The molecule has 2 rings (SSSR count). The highest BCUT2D eigenvalue weighted by molar-refractivity contribution is 5.80. The Kier molecular flexibility index (Phi) is 3.45. The molecule has 4 heteroatoms. The van der Waals surface area contributed by atoms with E-state index in [0.29, 0.717) is 0 Å². The maximum absolute atomic E-state index is 11.2. The van der Waals surface area contributed by atoms with Crippen LogP contribution < -0.4 is 5.73 Å². The molecule has 1 atom stereocenters. The van der Waals surface area contributed by atoms with Crippen LogP contribution in [0.25, 0.3) is 0 Å². The van der Waals surface area contributed by atoms with Crippen molar-refractivity contribution < 1.29 is 9.90 Å². The number of hydrogen-bond donors (Lipinski definition) is 2. The van der Waals surface area contributed by atoms with Crippen LogP contribution in [0.2, 0.25) is 0 Å². The minimum absolute atomic E-state index is 0.224. The predicted octanol–water partition coefficient (Wildman–Crippen LogP) is -0.0682. The average molecular weight is 234 g/mol. The van der Waals surface area contributed by atoms with E-state index < -0.39 is 11.9 Å². The Hall–Kier alpha value is -1.39. The van der Waals surface area contributed by atoms with E-state index in [4.69, 9.17) is 5.73 Å². The van der Waals surface area contributed by atoms with Gasteiger partial charge in [-0.25, -0.2) is 0 Å². The number of amides is 1. The highest BCUT2D eigenvalue weighted by atomic mass is 16.3. The number of nitrogens with two attached hydrogens (primary N) is 1. The van der Waals surface area contributed by atoms with Crippen LogP contribution in [0.5, 0.6) is 0 Å². The van der Waals surface area contributed by atoms with Gasteiger partial charge in [0.2, 0.25) is 5.91 Å². The molecule has 0 heterocycles. The normalized spacial score (nSPS) is 17.1. The van der Waals surface area contributed by atoms with Gasteiger partial charge in [-0.3, -0.25) is 9.69 Å². The number of fused-ring (bicyclic) bond motifs is 1. The second kappa shape index (κ2) is 4.85. The summed E-state index contributed by atoms with van der Waals surface area (Å²) < 4.78 is 0. The second-order valence-electron chi connectivity index (χ2n) is 4.60. The molecule has 0 aromatic heterocycles. The van der Waals surface area contributed by atoms with Gasteiger partial charge in [0.1, 0.15) is 6.04 Å². The SMILES string of the molecule is CN(C1Cc2ccccc2C1)[C@@H](CO)C(N)=O. The number of carbonyl (C=O) groups excluding carboxylic acids is 1. The Bertz CT molecular complexity index is 395. The van der Waals surface area contributed by atoms with Crippen LogP contribution >= 0.6 is 0 Å². The standard InChI is InChI=1S/C13H18N2O2/c1-15(12(8-16)13(14)17)11-6-9-4-2-3-5-10(9)7-11/h2-5,11-12,16H,6-8H2,1H3,(H2,14,17)/t12-/m0/s1. The largest absolute Gasteiger partial charge is 0.394 e. The van der Waals surface area contributed by atoms with Crippen LogP contribution in [0.4, 0.5) is 0 Å². The highest BCUT2D eigenvalue weighted by Gasteiger charge is 2.30. The molecule has 1 aromatic rings. The Morgan fingerprint density at radius 2 is 2.00 bits per heavy atom. The first-order valence-corrected chi connectivity index (χ1v) is 5.82. The quantitative estimate of drug-likeness (QED) is 0.766. The maximum Gasteiger partial charge on any atom is 0.237 e. The summed E-state index contributed by atoms with van der Waals surface area (Å²) in [6.45, 7) is -0.224. The number of aliphatic hydroxyl groups is 1. The fraction of sp³-hybridized carbons (Fsp3) is 0.462. The number of benzene rings is 1. The Morgan fingerprint density at radius 3 is 2.41 bits per heavy atom. The van der Waals surface area contributed by atoms with Crippen LogP contribution in [0.15, 0.2) is 24.3 Å². The fourth-order valence-corrected chi connectivity index (χ4v) is 2.50. The third kappa shape index (κ3) is 2.33. The first-order chi connectivity index (χ1) is 8.13. The summed E-state index contributed by atoms with van der Waals surface area (Å²) in [5.41, 5.74) is 7.93. The molecule has 3 N–H and O–H groups in total. The zero-order valence-electron chi connectivity index (χ0n) is 9.97. The molecule has 0 fully saturated rings. The molecule has 1 amide bonds.